The normalized spacial score (nSPS) is 16.1. The lowest BCUT2D eigenvalue weighted by Crippen LogP contribution is -2.42. The first-order chi connectivity index (χ1) is 14.3. The van der Waals surface area contributed by atoms with Crippen LogP contribution in [0.25, 0.3) is 0 Å². The third kappa shape index (κ3) is 5.37. The number of carbonyl (C=O) groups is 3. The highest BCUT2D eigenvalue weighted by Gasteiger charge is 2.43. The minimum Gasteiger partial charge on any atom is -0.467 e. The third-order valence-electron chi connectivity index (χ3n) is 4.53. The van der Waals surface area contributed by atoms with Crippen LogP contribution in [-0.2, 0) is 20.9 Å². The lowest BCUT2D eigenvalue weighted by molar-refractivity contribution is -0.131. The highest BCUT2D eigenvalue weighted by atomic mass is 35.5. The number of furan rings is 1. The molecule has 2 aromatic rings. The van der Waals surface area contributed by atoms with E-state index >= 15 is 0 Å². The molecule has 1 aliphatic heterocycles. The monoisotopic (exact) mass is 448 g/mol. The highest BCUT2D eigenvalue weighted by molar-refractivity contribution is 7.80. The lowest BCUT2D eigenvalue weighted by Gasteiger charge is -2.23. The van der Waals surface area contributed by atoms with Crippen molar-refractivity contribution in [1.82, 2.24) is 15.1 Å². The molecule has 0 unspecified atom stereocenters. The fourth-order valence-corrected chi connectivity index (χ4v) is 3.62. The predicted octanol–water partition coefficient (Wildman–Crippen LogP) is 2.40. The fourth-order valence-electron chi connectivity index (χ4n) is 3.12. The molecule has 1 aromatic carbocycles. The molecule has 3 rings (SSSR count). The summed E-state index contributed by atoms with van der Waals surface area (Å²) in [5, 5.41) is 6.30. The fraction of sp³-hybridized carbons (Fsp3) is 0.300. The molecule has 30 heavy (non-hydrogen) atoms. The van der Waals surface area contributed by atoms with Crippen molar-refractivity contribution in [2.24, 2.45) is 0 Å². The number of thiocarbonyl (C=S) groups is 1. The molecule has 0 saturated carbocycles. The van der Waals surface area contributed by atoms with Gasteiger partial charge in [0.15, 0.2) is 5.11 Å². The van der Waals surface area contributed by atoms with Gasteiger partial charge in [-0.25, -0.2) is 0 Å². The van der Waals surface area contributed by atoms with Gasteiger partial charge >= 0.3 is 0 Å². The zero-order valence-electron chi connectivity index (χ0n) is 16.3. The molecule has 1 atom stereocenters. The van der Waals surface area contributed by atoms with Crippen LogP contribution in [0.15, 0.2) is 47.1 Å². The number of halogens is 1. The zero-order valence-corrected chi connectivity index (χ0v) is 17.8. The summed E-state index contributed by atoms with van der Waals surface area (Å²) in [6, 6.07) is 9.39. The highest BCUT2D eigenvalue weighted by Crippen LogP contribution is 2.23. The minimum absolute atomic E-state index is 0.0870. The Kier molecular flexibility index (Phi) is 7.07. The molecular formula is C20H21ClN4O4S. The van der Waals surface area contributed by atoms with Gasteiger partial charge in [0.25, 0.3) is 5.91 Å². The number of nitrogens with zero attached hydrogens (tertiary/aromatic N) is 2. The quantitative estimate of drug-likeness (QED) is 0.602. The first kappa shape index (κ1) is 21.8. The van der Waals surface area contributed by atoms with Crippen molar-refractivity contribution in [3.05, 3.63) is 53.4 Å². The molecule has 158 valence electrons. The van der Waals surface area contributed by atoms with Gasteiger partial charge in [-0.15, -0.1) is 0 Å². The van der Waals surface area contributed by atoms with E-state index in [1.807, 2.05) is 0 Å². The van der Waals surface area contributed by atoms with Gasteiger partial charge in [-0.3, -0.25) is 19.3 Å². The first-order valence-corrected chi connectivity index (χ1v) is 10.1. The Morgan fingerprint density at radius 2 is 1.97 bits per heavy atom. The van der Waals surface area contributed by atoms with Gasteiger partial charge in [0.2, 0.25) is 11.8 Å². The van der Waals surface area contributed by atoms with Crippen LogP contribution in [0, 0.1) is 0 Å². The first-order valence-electron chi connectivity index (χ1n) is 9.29. The van der Waals surface area contributed by atoms with Crippen molar-refractivity contribution >= 4 is 52.3 Å². The Balaban J connectivity index is 1.72. The maximum Gasteiger partial charge on any atom is 0.252 e. The number of hydrogen-bond acceptors (Lipinski definition) is 5. The van der Waals surface area contributed by atoms with Gasteiger partial charge in [-0.1, -0.05) is 11.6 Å². The molecule has 0 bridgehead atoms. The summed E-state index contributed by atoms with van der Waals surface area (Å²) in [5.74, 6) is -0.219. The molecule has 2 N–H and O–H groups in total. The van der Waals surface area contributed by atoms with Crippen molar-refractivity contribution in [1.29, 1.82) is 0 Å². The van der Waals surface area contributed by atoms with Crippen LogP contribution in [0.4, 0.5) is 5.69 Å². The van der Waals surface area contributed by atoms with Crippen LogP contribution in [0.3, 0.4) is 0 Å². The summed E-state index contributed by atoms with van der Waals surface area (Å²) in [7, 11) is 0. The van der Waals surface area contributed by atoms with Crippen LogP contribution in [0.5, 0.6) is 0 Å². The third-order valence-corrected chi connectivity index (χ3v) is 5.24. The van der Waals surface area contributed by atoms with Gasteiger partial charge < -0.3 is 20.0 Å². The van der Waals surface area contributed by atoms with Crippen molar-refractivity contribution < 1.29 is 18.8 Å². The van der Waals surface area contributed by atoms with E-state index in [1.54, 1.807) is 41.3 Å². The van der Waals surface area contributed by atoms with Crippen molar-refractivity contribution in [3.63, 3.8) is 0 Å². The van der Waals surface area contributed by atoms with Gasteiger partial charge in [0.1, 0.15) is 11.8 Å². The molecule has 0 radical (unpaired) electrons. The smallest absolute Gasteiger partial charge is 0.252 e. The van der Waals surface area contributed by atoms with Crippen LogP contribution in [0.2, 0.25) is 5.02 Å². The number of anilines is 1. The second kappa shape index (κ2) is 9.73. The zero-order chi connectivity index (χ0) is 21.7. The molecule has 10 heteroatoms. The standard InChI is InChI=1S/C20H21ClN4O4S/c1-13(26)22-8-9-24-17(11-18(27)23-15-6-4-14(21)5-7-15)19(28)25(20(24)30)12-16-3-2-10-29-16/h2-7,10,17H,8-9,11-12H2,1H3,(H,22,26)(H,23,27)/t17-/m1/s1. The van der Waals surface area contributed by atoms with Crippen LogP contribution >= 0.6 is 23.8 Å². The van der Waals surface area contributed by atoms with E-state index in [0.29, 0.717) is 34.7 Å². The topological polar surface area (TPSA) is 94.9 Å². The second-order valence-corrected chi connectivity index (χ2v) is 7.54. The molecule has 0 aliphatic carbocycles. The van der Waals surface area contributed by atoms with E-state index in [-0.39, 0.29) is 30.7 Å². The van der Waals surface area contributed by atoms with Gasteiger partial charge in [-0.05, 0) is 48.6 Å². The van der Waals surface area contributed by atoms with Gasteiger partial charge in [0, 0.05) is 30.7 Å². The summed E-state index contributed by atoms with van der Waals surface area (Å²) in [5.41, 5.74) is 0.578. The predicted molar refractivity (Wildman–Crippen MR) is 116 cm³/mol. The summed E-state index contributed by atoms with van der Waals surface area (Å²) >= 11 is 11.4. The maximum atomic E-state index is 13.1. The van der Waals surface area contributed by atoms with Gasteiger partial charge in [0.05, 0.1) is 19.2 Å². The molecule has 1 aliphatic rings. The summed E-state index contributed by atoms with van der Waals surface area (Å²) in [6.07, 6.45) is 1.43. The number of nitrogens with one attached hydrogen (secondary N) is 2. The van der Waals surface area contributed by atoms with Crippen molar-refractivity contribution in [2.45, 2.75) is 25.9 Å². The summed E-state index contributed by atoms with van der Waals surface area (Å²) in [4.78, 5) is 39.9. The SMILES string of the molecule is CC(=O)NCCN1C(=S)N(Cc2ccco2)C(=O)[C@H]1CC(=O)Nc1ccc(Cl)cc1. The molecule has 1 saturated heterocycles. The lowest BCUT2D eigenvalue weighted by atomic mass is 10.1. The van der Waals surface area contributed by atoms with Crippen LogP contribution in [-0.4, -0.2) is 51.8 Å². The van der Waals surface area contributed by atoms with E-state index in [1.165, 1.54) is 18.1 Å². The Morgan fingerprint density at radius 1 is 1.23 bits per heavy atom. The molecule has 8 nitrogen and oxygen atoms in total. The number of amides is 3. The Labute approximate surface area is 184 Å². The molecule has 1 fully saturated rings. The van der Waals surface area contributed by atoms with E-state index < -0.39 is 6.04 Å². The number of benzene rings is 1. The molecule has 1 aromatic heterocycles. The summed E-state index contributed by atoms with van der Waals surface area (Å²) in [6.45, 7) is 2.19. The minimum atomic E-state index is -0.770. The Hall–Kier alpha value is -2.91. The van der Waals surface area contributed by atoms with Gasteiger partial charge in [-0.2, -0.15) is 0 Å². The maximum absolute atomic E-state index is 13.1. The van der Waals surface area contributed by atoms with Crippen molar-refractivity contribution in [3.8, 4) is 0 Å². The van der Waals surface area contributed by atoms with E-state index in [0.717, 1.165) is 0 Å². The van der Waals surface area contributed by atoms with E-state index in [4.69, 9.17) is 28.2 Å². The molecular weight excluding hydrogens is 428 g/mol. The Bertz CT molecular complexity index is 933. The van der Waals surface area contributed by atoms with Crippen molar-refractivity contribution in [2.75, 3.05) is 18.4 Å². The number of hydrogen-bond donors (Lipinski definition) is 2. The number of carbonyl (C=O) groups excluding carboxylic acids is 3. The number of rotatable bonds is 8. The Morgan fingerprint density at radius 3 is 2.60 bits per heavy atom. The van der Waals surface area contributed by atoms with E-state index in [9.17, 15) is 14.4 Å². The average Bonchev–Trinajstić information content (AvgIpc) is 3.28. The van der Waals surface area contributed by atoms with Crippen LogP contribution in [0.1, 0.15) is 19.1 Å². The molecule has 2 heterocycles. The van der Waals surface area contributed by atoms with Crippen LogP contribution < -0.4 is 10.6 Å². The second-order valence-electron chi connectivity index (χ2n) is 6.74. The summed E-state index contributed by atoms with van der Waals surface area (Å²) < 4.78 is 5.33. The largest absolute Gasteiger partial charge is 0.467 e. The average molecular weight is 449 g/mol. The molecule has 3 amide bonds. The van der Waals surface area contributed by atoms with E-state index in [2.05, 4.69) is 10.6 Å². The molecule has 0 spiro atoms.